The second-order valence-corrected chi connectivity index (χ2v) is 7.10. The van der Waals surface area contributed by atoms with Gasteiger partial charge in [-0.05, 0) is 49.3 Å². The highest BCUT2D eigenvalue weighted by Crippen LogP contribution is 2.48. The first-order valence-electron chi connectivity index (χ1n) is 8.92. The third kappa shape index (κ3) is 3.28. The number of fused-ring (bicyclic) bond motifs is 1. The fourth-order valence-corrected chi connectivity index (χ4v) is 4.49. The van der Waals surface area contributed by atoms with Gasteiger partial charge in [-0.25, -0.2) is 0 Å². The van der Waals surface area contributed by atoms with Crippen molar-refractivity contribution in [3.05, 3.63) is 35.9 Å². The van der Waals surface area contributed by atoms with Gasteiger partial charge in [0.05, 0.1) is 20.3 Å². The van der Waals surface area contributed by atoms with Crippen LogP contribution in [0, 0.1) is 35.0 Å². The van der Waals surface area contributed by atoms with Crippen LogP contribution in [0.3, 0.4) is 0 Å². The van der Waals surface area contributed by atoms with E-state index in [0.717, 1.165) is 29.9 Å². The Morgan fingerprint density at radius 3 is 2.44 bits per heavy atom. The maximum Gasteiger partial charge on any atom is 0.136 e. The van der Waals surface area contributed by atoms with E-state index in [2.05, 4.69) is 18.2 Å². The maximum absolute atomic E-state index is 12.7. The summed E-state index contributed by atoms with van der Waals surface area (Å²) in [5.74, 6) is 1.79. The standard InChI is InChI=1S/C21H25NO3/c1-13(12-22)20-18(8-7-14-5-4-6-19(23)21(14)20)15-9-16(24-2)11-17(10-15)25-3/h7-11,13-14,18,20-21H,4-6H2,1-3H3/t13-,14+,18+,20-,21+/m0/s1. The molecule has 0 heterocycles. The third-order valence-corrected chi connectivity index (χ3v) is 5.73. The topological polar surface area (TPSA) is 59.3 Å². The maximum atomic E-state index is 12.7. The van der Waals surface area contributed by atoms with Crippen molar-refractivity contribution in [3.8, 4) is 17.6 Å². The minimum absolute atomic E-state index is 0.00962. The first-order chi connectivity index (χ1) is 12.1. The molecule has 3 rings (SSSR count). The number of benzene rings is 1. The van der Waals surface area contributed by atoms with E-state index in [9.17, 15) is 10.1 Å². The number of allylic oxidation sites excluding steroid dienone is 2. The molecule has 1 saturated carbocycles. The smallest absolute Gasteiger partial charge is 0.136 e. The summed E-state index contributed by atoms with van der Waals surface area (Å²) >= 11 is 0. The minimum Gasteiger partial charge on any atom is -0.497 e. The molecule has 132 valence electrons. The zero-order valence-corrected chi connectivity index (χ0v) is 15.1. The summed E-state index contributed by atoms with van der Waals surface area (Å²) < 4.78 is 10.8. The van der Waals surface area contributed by atoms with Crippen LogP contribution in [0.1, 0.15) is 37.7 Å². The van der Waals surface area contributed by atoms with E-state index in [1.807, 2.05) is 25.1 Å². The molecule has 1 aromatic rings. The fraction of sp³-hybridized carbons (Fsp3) is 0.524. The van der Waals surface area contributed by atoms with Gasteiger partial charge < -0.3 is 9.47 Å². The zero-order chi connectivity index (χ0) is 18.0. The Labute approximate surface area is 149 Å². The lowest BCUT2D eigenvalue weighted by Gasteiger charge is -2.42. The molecule has 0 N–H and O–H groups in total. The van der Waals surface area contributed by atoms with E-state index < -0.39 is 0 Å². The zero-order valence-electron chi connectivity index (χ0n) is 15.1. The molecule has 0 bridgehead atoms. The van der Waals surface area contributed by atoms with Crippen molar-refractivity contribution in [3.63, 3.8) is 0 Å². The Bertz CT molecular complexity index is 696. The molecule has 1 fully saturated rings. The molecule has 0 aromatic heterocycles. The van der Waals surface area contributed by atoms with Crippen molar-refractivity contribution in [1.29, 1.82) is 5.26 Å². The van der Waals surface area contributed by atoms with E-state index in [4.69, 9.17) is 9.47 Å². The molecule has 25 heavy (non-hydrogen) atoms. The quantitative estimate of drug-likeness (QED) is 0.774. The number of nitrogens with zero attached hydrogens (tertiary/aromatic N) is 1. The molecule has 2 aliphatic rings. The lowest BCUT2D eigenvalue weighted by Crippen LogP contribution is -2.41. The Hall–Kier alpha value is -2.28. The second-order valence-electron chi connectivity index (χ2n) is 7.10. The molecule has 1 aromatic carbocycles. The van der Waals surface area contributed by atoms with Crippen LogP contribution in [0.5, 0.6) is 11.5 Å². The molecule has 0 aliphatic heterocycles. The molecule has 2 aliphatic carbocycles. The number of Topliss-reactive ketones (excluding diaryl/α,β-unsaturated/α-hetero) is 1. The summed E-state index contributed by atoms with van der Waals surface area (Å²) in [7, 11) is 3.26. The molecule has 5 atom stereocenters. The number of carbonyl (C=O) groups excluding carboxylic acids is 1. The SMILES string of the molecule is COc1cc(OC)cc([C@H]2C=C[C@H]3CCCC(=O)[C@@H]3[C@H]2[C@@H](C)C#N)c1. The molecular weight excluding hydrogens is 314 g/mol. The summed E-state index contributed by atoms with van der Waals surface area (Å²) in [6, 6.07) is 8.21. The highest BCUT2D eigenvalue weighted by atomic mass is 16.5. The van der Waals surface area contributed by atoms with Gasteiger partial charge in [-0.2, -0.15) is 5.26 Å². The summed E-state index contributed by atoms with van der Waals surface area (Å²) in [5, 5.41) is 9.60. The normalized spacial score (nSPS) is 29.4. The minimum atomic E-state index is -0.193. The Kier molecular flexibility index (Phi) is 5.13. The Morgan fingerprint density at radius 2 is 1.84 bits per heavy atom. The number of nitriles is 1. The van der Waals surface area contributed by atoms with Crippen LogP contribution >= 0.6 is 0 Å². The van der Waals surface area contributed by atoms with Crippen LogP contribution in [-0.4, -0.2) is 20.0 Å². The highest BCUT2D eigenvalue weighted by molar-refractivity contribution is 5.83. The molecule has 0 amide bonds. The monoisotopic (exact) mass is 339 g/mol. The van der Waals surface area contributed by atoms with Gasteiger partial charge in [0.1, 0.15) is 17.3 Å². The first kappa shape index (κ1) is 17.5. The predicted octanol–water partition coefficient (Wildman–Crippen LogP) is 4.12. The number of ether oxygens (including phenoxy) is 2. The second kappa shape index (κ2) is 7.31. The van der Waals surface area contributed by atoms with Crippen molar-refractivity contribution >= 4 is 5.78 Å². The summed E-state index contributed by atoms with van der Waals surface area (Å²) in [5.41, 5.74) is 1.04. The summed E-state index contributed by atoms with van der Waals surface area (Å²) in [6.07, 6.45) is 7.01. The fourth-order valence-electron chi connectivity index (χ4n) is 4.49. The molecule has 0 radical (unpaired) electrons. The summed E-state index contributed by atoms with van der Waals surface area (Å²) in [4.78, 5) is 12.7. The van der Waals surface area contributed by atoms with Gasteiger partial charge in [0.15, 0.2) is 0 Å². The van der Waals surface area contributed by atoms with Crippen molar-refractivity contribution in [2.24, 2.45) is 23.7 Å². The van der Waals surface area contributed by atoms with Crippen molar-refractivity contribution < 1.29 is 14.3 Å². The van der Waals surface area contributed by atoms with Crippen LogP contribution in [0.2, 0.25) is 0 Å². The third-order valence-electron chi connectivity index (χ3n) is 5.73. The number of hydrogen-bond donors (Lipinski definition) is 0. The van der Waals surface area contributed by atoms with Gasteiger partial charge in [-0.15, -0.1) is 0 Å². The van der Waals surface area contributed by atoms with Crippen molar-refractivity contribution in [2.45, 2.75) is 32.1 Å². The van der Waals surface area contributed by atoms with Crippen LogP contribution in [0.25, 0.3) is 0 Å². The van der Waals surface area contributed by atoms with E-state index in [1.54, 1.807) is 14.2 Å². The van der Waals surface area contributed by atoms with Crippen LogP contribution in [0.15, 0.2) is 30.4 Å². The van der Waals surface area contributed by atoms with E-state index >= 15 is 0 Å². The van der Waals surface area contributed by atoms with Crippen LogP contribution in [-0.2, 0) is 4.79 Å². The van der Waals surface area contributed by atoms with Gasteiger partial charge >= 0.3 is 0 Å². The molecule has 4 heteroatoms. The Morgan fingerprint density at radius 1 is 1.16 bits per heavy atom. The average molecular weight is 339 g/mol. The highest BCUT2D eigenvalue weighted by Gasteiger charge is 2.45. The first-order valence-corrected chi connectivity index (χ1v) is 8.92. The molecule has 0 unspecified atom stereocenters. The largest absolute Gasteiger partial charge is 0.497 e. The average Bonchev–Trinajstić information content (AvgIpc) is 2.66. The molecule has 0 saturated heterocycles. The molecular formula is C21H25NO3. The van der Waals surface area contributed by atoms with Crippen molar-refractivity contribution in [1.82, 2.24) is 0 Å². The predicted molar refractivity (Wildman–Crippen MR) is 95.5 cm³/mol. The number of ketones is 1. The van der Waals surface area contributed by atoms with Gasteiger partial charge in [-0.1, -0.05) is 12.2 Å². The number of carbonyl (C=O) groups is 1. The van der Waals surface area contributed by atoms with Crippen molar-refractivity contribution in [2.75, 3.05) is 14.2 Å². The number of methoxy groups -OCH3 is 2. The molecule has 0 spiro atoms. The number of hydrogen-bond acceptors (Lipinski definition) is 4. The van der Waals surface area contributed by atoms with E-state index in [-0.39, 0.29) is 29.6 Å². The van der Waals surface area contributed by atoms with Gasteiger partial charge in [0.25, 0.3) is 0 Å². The van der Waals surface area contributed by atoms with E-state index in [1.165, 1.54) is 0 Å². The lowest BCUT2D eigenvalue weighted by molar-refractivity contribution is -0.129. The number of rotatable bonds is 4. The van der Waals surface area contributed by atoms with Gasteiger partial charge in [-0.3, -0.25) is 4.79 Å². The Balaban J connectivity index is 2.07. The van der Waals surface area contributed by atoms with Crippen LogP contribution in [0.4, 0.5) is 0 Å². The van der Waals surface area contributed by atoms with E-state index in [0.29, 0.717) is 12.2 Å². The molecule has 4 nitrogen and oxygen atoms in total. The van der Waals surface area contributed by atoms with Gasteiger partial charge in [0.2, 0.25) is 0 Å². The van der Waals surface area contributed by atoms with Crippen LogP contribution < -0.4 is 9.47 Å². The lowest BCUT2D eigenvalue weighted by atomic mass is 9.60. The summed E-state index contributed by atoms with van der Waals surface area (Å²) in [6.45, 7) is 1.94. The van der Waals surface area contributed by atoms with Gasteiger partial charge in [0, 0.05) is 30.2 Å².